The number of ether oxygens (including phenoxy) is 1. The van der Waals surface area contributed by atoms with Gasteiger partial charge in [-0.15, -0.1) is 0 Å². The maximum Gasteiger partial charge on any atom is 0.258 e. The van der Waals surface area contributed by atoms with E-state index in [1.165, 1.54) is 6.92 Å². The van der Waals surface area contributed by atoms with Gasteiger partial charge in [-0.1, -0.05) is 0 Å². The summed E-state index contributed by atoms with van der Waals surface area (Å²) in [5.74, 6) is 0.709. The quantitative estimate of drug-likeness (QED) is 0.808. The summed E-state index contributed by atoms with van der Waals surface area (Å²) in [6.45, 7) is 1.44. The zero-order valence-corrected chi connectivity index (χ0v) is 8.13. The van der Waals surface area contributed by atoms with Crippen LogP contribution in [0, 0.1) is 0 Å². The van der Waals surface area contributed by atoms with Gasteiger partial charge in [0.15, 0.2) is 0 Å². The molecule has 1 aromatic carbocycles. The Morgan fingerprint density at radius 3 is 2.21 bits per heavy atom. The van der Waals surface area contributed by atoms with Gasteiger partial charge in [0.25, 0.3) is 6.43 Å². The van der Waals surface area contributed by atoms with Crippen LogP contribution < -0.4 is 10.1 Å². The van der Waals surface area contributed by atoms with Crippen LogP contribution in [0.3, 0.4) is 0 Å². The topological polar surface area (TPSA) is 21.3 Å². The van der Waals surface area contributed by atoms with Crippen molar-refractivity contribution in [1.82, 2.24) is 0 Å². The average Bonchev–Trinajstić information content (AvgIpc) is 2.19. The van der Waals surface area contributed by atoms with E-state index in [-0.39, 0.29) is 0 Å². The maximum absolute atomic E-state index is 12.2. The van der Waals surface area contributed by atoms with E-state index in [0.717, 1.165) is 0 Å². The first-order valence-corrected chi connectivity index (χ1v) is 4.32. The van der Waals surface area contributed by atoms with Gasteiger partial charge in [0.1, 0.15) is 5.75 Å². The van der Waals surface area contributed by atoms with Crippen LogP contribution in [-0.4, -0.2) is 19.6 Å². The molecule has 0 saturated heterocycles. The molecule has 1 N–H and O–H groups in total. The summed E-state index contributed by atoms with van der Waals surface area (Å²) in [5, 5.41) is 2.69. The number of alkyl halides is 2. The molecule has 1 rings (SSSR count). The van der Waals surface area contributed by atoms with Crippen molar-refractivity contribution in [3.8, 4) is 5.75 Å². The third kappa shape index (κ3) is 2.87. The molecule has 0 fully saturated rings. The highest BCUT2D eigenvalue weighted by atomic mass is 19.3. The van der Waals surface area contributed by atoms with E-state index in [2.05, 4.69) is 5.32 Å². The van der Waals surface area contributed by atoms with Gasteiger partial charge in [0.05, 0.1) is 13.2 Å². The number of rotatable bonds is 4. The molecule has 0 aromatic heterocycles. The molecule has 4 heteroatoms. The minimum absolute atomic E-state index is 0.665. The van der Waals surface area contributed by atoms with Crippen LogP contribution in [0.15, 0.2) is 24.3 Å². The van der Waals surface area contributed by atoms with E-state index in [9.17, 15) is 8.78 Å². The van der Waals surface area contributed by atoms with E-state index < -0.39 is 12.5 Å². The molecule has 78 valence electrons. The van der Waals surface area contributed by atoms with Gasteiger partial charge < -0.3 is 10.1 Å². The molecule has 0 amide bonds. The van der Waals surface area contributed by atoms with Gasteiger partial charge in [0.2, 0.25) is 0 Å². The summed E-state index contributed by atoms with van der Waals surface area (Å²) in [6, 6.07) is 6.01. The number of methoxy groups -OCH3 is 1. The smallest absolute Gasteiger partial charge is 0.258 e. The van der Waals surface area contributed by atoms with Crippen LogP contribution >= 0.6 is 0 Å². The van der Waals surface area contributed by atoms with Crippen molar-refractivity contribution < 1.29 is 13.5 Å². The normalized spacial score (nSPS) is 12.6. The Bertz CT molecular complexity index is 274. The van der Waals surface area contributed by atoms with E-state index in [1.54, 1.807) is 31.4 Å². The summed E-state index contributed by atoms with van der Waals surface area (Å²) < 4.78 is 29.3. The second-order valence-corrected chi connectivity index (χ2v) is 3.00. The van der Waals surface area contributed by atoms with Crippen LogP contribution in [0.4, 0.5) is 14.5 Å². The summed E-state index contributed by atoms with van der Waals surface area (Å²) in [4.78, 5) is 0. The first-order valence-electron chi connectivity index (χ1n) is 4.32. The lowest BCUT2D eigenvalue weighted by Crippen LogP contribution is -2.23. The number of nitrogens with one attached hydrogen (secondary N) is 1. The predicted octanol–water partition coefficient (Wildman–Crippen LogP) is 2.76. The molecule has 0 aliphatic rings. The highest BCUT2D eigenvalue weighted by Crippen LogP contribution is 2.16. The Balaban J connectivity index is 2.59. The molecule has 2 nitrogen and oxygen atoms in total. The van der Waals surface area contributed by atoms with Crippen molar-refractivity contribution in [1.29, 1.82) is 0 Å². The van der Waals surface area contributed by atoms with Crippen molar-refractivity contribution in [2.45, 2.75) is 19.4 Å². The second kappa shape index (κ2) is 4.79. The molecule has 0 heterocycles. The molecule has 0 radical (unpaired) electrons. The lowest BCUT2D eigenvalue weighted by Gasteiger charge is -2.14. The molecule has 1 aromatic rings. The monoisotopic (exact) mass is 201 g/mol. The zero-order valence-electron chi connectivity index (χ0n) is 8.13. The van der Waals surface area contributed by atoms with E-state index in [0.29, 0.717) is 11.4 Å². The molecule has 0 aliphatic carbocycles. The molecule has 1 unspecified atom stereocenters. The Labute approximate surface area is 81.9 Å². The molecule has 1 atom stereocenters. The van der Waals surface area contributed by atoms with Crippen LogP contribution in [0.25, 0.3) is 0 Å². The second-order valence-electron chi connectivity index (χ2n) is 3.00. The molecule has 0 aliphatic heterocycles. The van der Waals surface area contributed by atoms with Gasteiger partial charge in [-0.2, -0.15) is 0 Å². The standard InChI is InChI=1S/C10H13F2NO/c1-7(10(11)12)13-8-3-5-9(14-2)6-4-8/h3-7,10,13H,1-2H3. The summed E-state index contributed by atoms with van der Waals surface area (Å²) in [7, 11) is 1.56. The van der Waals surface area contributed by atoms with Crippen molar-refractivity contribution in [2.75, 3.05) is 12.4 Å². The lowest BCUT2D eigenvalue weighted by molar-refractivity contribution is 0.131. The van der Waals surface area contributed by atoms with Gasteiger partial charge in [-0.25, -0.2) is 8.78 Å². The van der Waals surface area contributed by atoms with Crippen molar-refractivity contribution in [3.05, 3.63) is 24.3 Å². The minimum Gasteiger partial charge on any atom is -0.497 e. The molecular formula is C10H13F2NO. The highest BCUT2D eigenvalue weighted by Gasteiger charge is 2.13. The fraction of sp³-hybridized carbons (Fsp3) is 0.400. The van der Waals surface area contributed by atoms with Crippen LogP contribution in [0.5, 0.6) is 5.75 Å². The van der Waals surface area contributed by atoms with Gasteiger partial charge in [-0.3, -0.25) is 0 Å². The fourth-order valence-electron chi connectivity index (χ4n) is 1.01. The molecule has 0 bridgehead atoms. The fourth-order valence-corrected chi connectivity index (χ4v) is 1.01. The first-order chi connectivity index (χ1) is 6.63. The largest absolute Gasteiger partial charge is 0.497 e. The van der Waals surface area contributed by atoms with E-state index in [1.807, 2.05) is 0 Å². The number of hydrogen-bond donors (Lipinski definition) is 1. The predicted molar refractivity (Wildman–Crippen MR) is 52.1 cm³/mol. The SMILES string of the molecule is COc1ccc(NC(C)C(F)F)cc1. The van der Waals surface area contributed by atoms with Crippen LogP contribution in [0.1, 0.15) is 6.92 Å². The van der Waals surface area contributed by atoms with Crippen LogP contribution in [0.2, 0.25) is 0 Å². The van der Waals surface area contributed by atoms with Gasteiger partial charge in [-0.05, 0) is 31.2 Å². The zero-order chi connectivity index (χ0) is 10.6. The number of hydrogen-bond acceptors (Lipinski definition) is 2. The number of anilines is 1. The number of halogens is 2. The van der Waals surface area contributed by atoms with Gasteiger partial charge in [0, 0.05) is 5.69 Å². The first kappa shape index (κ1) is 10.8. The molecule has 0 saturated carbocycles. The average molecular weight is 201 g/mol. The maximum atomic E-state index is 12.2. The third-order valence-corrected chi connectivity index (χ3v) is 1.86. The molecule has 0 spiro atoms. The highest BCUT2D eigenvalue weighted by molar-refractivity contribution is 5.47. The van der Waals surface area contributed by atoms with Crippen molar-refractivity contribution in [2.24, 2.45) is 0 Å². The summed E-state index contributed by atoms with van der Waals surface area (Å²) in [6.07, 6.45) is -2.36. The molecular weight excluding hydrogens is 188 g/mol. The summed E-state index contributed by atoms with van der Waals surface area (Å²) >= 11 is 0. The van der Waals surface area contributed by atoms with E-state index >= 15 is 0 Å². The van der Waals surface area contributed by atoms with Gasteiger partial charge >= 0.3 is 0 Å². The molecule has 14 heavy (non-hydrogen) atoms. The minimum atomic E-state index is -2.36. The summed E-state index contributed by atoms with van der Waals surface area (Å²) in [5.41, 5.74) is 0.665. The van der Waals surface area contributed by atoms with Crippen LogP contribution in [-0.2, 0) is 0 Å². The Kier molecular flexibility index (Phi) is 3.68. The Morgan fingerprint density at radius 1 is 1.21 bits per heavy atom. The lowest BCUT2D eigenvalue weighted by atomic mass is 10.2. The van der Waals surface area contributed by atoms with E-state index in [4.69, 9.17) is 4.74 Å². The Morgan fingerprint density at radius 2 is 1.79 bits per heavy atom. The Hall–Kier alpha value is -1.32. The van der Waals surface area contributed by atoms with Crippen molar-refractivity contribution in [3.63, 3.8) is 0 Å². The number of benzene rings is 1. The third-order valence-electron chi connectivity index (χ3n) is 1.86. The van der Waals surface area contributed by atoms with Crippen molar-refractivity contribution >= 4 is 5.69 Å².